The number of fused-ring (bicyclic) bond motifs is 5. The highest BCUT2D eigenvalue weighted by Crippen LogP contribution is 2.65. The third kappa shape index (κ3) is 3.51. The molecule has 1 heterocycles. The van der Waals surface area contributed by atoms with Crippen molar-refractivity contribution in [1.29, 1.82) is 0 Å². The minimum absolute atomic E-state index is 0.00828. The van der Waals surface area contributed by atoms with Crippen LogP contribution < -0.4 is 0 Å². The SMILES string of the molecule is CC(=O)O[C@H]1CC[C@@]2(C)[C@H](C1)OC[C@@H]1[C@@H]2CC[C@]2(C)[C@@H]([C@@H](C)OC(C)=O)CC[C@@H]12. The summed E-state index contributed by atoms with van der Waals surface area (Å²) in [7, 11) is 0. The van der Waals surface area contributed by atoms with Crippen LogP contribution >= 0.6 is 0 Å². The van der Waals surface area contributed by atoms with Crippen LogP contribution in [-0.2, 0) is 23.8 Å². The summed E-state index contributed by atoms with van der Waals surface area (Å²) in [5, 5.41) is 0. The molecule has 0 bridgehead atoms. The third-order valence-electron chi connectivity index (χ3n) is 9.32. The topological polar surface area (TPSA) is 61.8 Å². The van der Waals surface area contributed by atoms with Crippen LogP contribution in [0.5, 0.6) is 0 Å². The smallest absolute Gasteiger partial charge is 0.302 e. The summed E-state index contributed by atoms with van der Waals surface area (Å²) < 4.78 is 17.6. The molecule has 0 spiro atoms. The van der Waals surface area contributed by atoms with Gasteiger partial charge >= 0.3 is 11.9 Å². The van der Waals surface area contributed by atoms with Crippen molar-refractivity contribution >= 4 is 11.9 Å². The molecule has 1 aliphatic heterocycles. The molecular weight excluding hydrogens is 368 g/mol. The summed E-state index contributed by atoms with van der Waals surface area (Å²) in [5.74, 6) is 2.02. The maximum atomic E-state index is 11.5. The van der Waals surface area contributed by atoms with Gasteiger partial charge in [0.2, 0.25) is 0 Å². The highest BCUT2D eigenvalue weighted by Gasteiger charge is 2.61. The van der Waals surface area contributed by atoms with E-state index in [2.05, 4.69) is 20.8 Å². The average Bonchev–Trinajstić information content (AvgIpc) is 2.98. The van der Waals surface area contributed by atoms with E-state index in [-0.39, 0.29) is 41.1 Å². The fraction of sp³-hybridized carbons (Fsp3) is 0.917. The number of carbonyl (C=O) groups excluding carboxylic acids is 2. The number of carbonyl (C=O) groups is 2. The van der Waals surface area contributed by atoms with Gasteiger partial charge in [0.15, 0.2) is 0 Å². The predicted octanol–water partition coefficient (Wildman–Crippen LogP) is 4.52. The van der Waals surface area contributed by atoms with Gasteiger partial charge in [-0.15, -0.1) is 0 Å². The van der Waals surface area contributed by atoms with E-state index in [1.165, 1.54) is 33.1 Å². The predicted molar refractivity (Wildman–Crippen MR) is 109 cm³/mol. The fourth-order valence-corrected chi connectivity index (χ4v) is 8.00. The van der Waals surface area contributed by atoms with E-state index in [4.69, 9.17) is 14.2 Å². The van der Waals surface area contributed by atoms with Gasteiger partial charge < -0.3 is 14.2 Å². The zero-order valence-corrected chi connectivity index (χ0v) is 18.7. The van der Waals surface area contributed by atoms with Gasteiger partial charge in [0, 0.05) is 26.2 Å². The molecule has 164 valence electrons. The molecule has 29 heavy (non-hydrogen) atoms. The second-order valence-electron chi connectivity index (χ2n) is 10.8. The van der Waals surface area contributed by atoms with Gasteiger partial charge in [-0.2, -0.15) is 0 Å². The average molecular weight is 407 g/mol. The van der Waals surface area contributed by atoms with E-state index in [0.717, 1.165) is 32.3 Å². The zero-order valence-electron chi connectivity index (χ0n) is 18.7. The summed E-state index contributed by atoms with van der Waals surface area (Å²) in [6.45, 7) is 10.8. The lowest BCUT2D eigenvalue weighted by molar-refractivity contribution is -0.216. The molecule has 0 aromatic carbocycles. The van der Waals surface area contributed by atoms with Crippen molar-refractivity contribution < 1.29 is 23.8 Å². The Labute approximate surface area is 175 Å². The van der Waals surface area contributed by atoms with Crippen molar-refractivity contribution in [2.24, 2.45) is 34.5 Å². The van der Waals surface area contributed by atoms with Crippen LogP contribution in [0.4, 0.5) is 0 Å². The molecule has 0 aromatic rings. The lowest BCUT2D eigenvalue weighted by Gasteiger charge is -2.60. The fourth-order valence-electron chi connectivity index (χ4n) is 8.00. The molecule has 0 N–H and O–H groups in total. The standard InChI is InChI=1S/C24H38O5/c1-14(28-15(2)25)19-6-7-20-18-13-27-22-12-17(29-16(3)26)8-10-24(22,5)21(18)9-11-23(19,20)4/h14,17-22H,6-13H2,1-5H3/t14-,17+,18+,19-,20+,21+,22+,23-,24-/m1/s1. The Morgan fingerprint density at radius 3 is 2.34 bits per heavy atom. The number of hydrogen-bond donors (Lipinski definition) is 0. The molecule has 3 aliphatic carbocycles. The van der Waals surface area contributed by atoms with Gasteiger partial charge in [0.1, 0.15) is 12.2 Å². The second-order valence-corrected chi connectivity index (χ2v) is 10.8. The van der Waals surface area contributed by atoms with Crippen molar-refractivity contribution in [2.75, 3.05) is 6.61 Å². The number of esters is 2. The van der Waals surface area contributed by atoms with Crippen LogP contribution in [0.3, 0.4) is 0 Å². The van der Waals surface area contributed by atoms with Crippen molar-refractivity contribution in [1.82, 2.24) is 0 Å². The normalized spacial score (nSPS) is 47.3. The quantitative estimate of drug-likeness (QED) is 0.645. The van der Waals surface area contributed by atoms with Crippen LogP contribution in [0.2, 0.25) is 0 Å². The van der Waals surface area contributed by atoms with E-state index in [9.17, 15) is 9.59 Å². The van der Waals surface area contributed by atoms with Crippen molar-refractivity contribution in [3.05, 3.63) is 0 Å². The molecule has 9 atom stereocenters. The lowest BCUT2D eigenvalue weighted by atomic mass is 9.49. The Morgan fingerprint density at radius 2 is 1.66 bits per heavy atom. The van der Waals surface area contributed by atoms with E-state index in [1.807, 2.05) is 0 Å². The molecule has 0 aromatic heterocycles. The van der Waals surface area contributed by atoms with E-state index < -0.39 is 0 Å². The molecule has 3 saturated carbocycles. The Kier molecular flexibility index (Phi) is 5.50. The van der Waals surface area contributed by atoms with E-state index in [1.54, 1.807) is 0 Å². The first-order valence-electron chi connectivity index (χ1n) is 11.6. The molecule has 0 unspecified atom stereocenters. The molecule has 4 aliphatic rings. The maximum Gasteiger partial charge on any atom is 0.302 e. The summed E-state index contributed by atoms with van der Waals surface area (Å²) in [6.07, 6.45) is 7.88. The molecule has 4 rings (SSSR count). The molecule has 0 amide bonds. The molecule has 5 heteroatoms. The third-order valence-corrected chi connectivity index (χ3v) is 9.32. The molecule has 5 nitrogen and oxygen atoms in total. The van der Waals surface area contributed by atoms with Gasteiger partial charge in [-0.1, -0.05) is 13.8 Å². The van der Waals surface area contributed by atoms with Crippen molar-refractivity contribution in [3.63, 3.8) is 0 Å². The first-order chi connectivity index (χ1) is 13.6. The highest BCUT2D eigenvalue weighted by molar-refractivity contribution is 5.66. The second kappa shape index (κ2) is 7.55. The van der Waals surface area contributed by atoms with Gasteiger partial charge in [0.25, 0.3) is 0 Å². The van der Waals surface area contributed by atoms with Gasteiger partial charge in [-0.05, 0) is 74.0 Å². The number of rotatable bonds is 3. The Hall–Kier alpha value is -1.10. The van der Waals surface area contributed by atoms with Gasteiger partial charge in [-0.25, -0.2) is 0 Å². The van der Waals surface area contributed by atoms with Crippen LogP contribution in [0.15, 0.2) is 0 Å². The van der Waals surface area contributed by atoms with Crippen LogP contribution in [0.1, 0.15) is 79.6 Å². The highest BCUT2D eigenvalue weighted by atomic mass is 16.5. The van der Waals surface area contributed by atoms with Crippen LogP contribution in [0.25, 0.3) is 0 Å². The first-order valence-corrected chi connectivity index (χ1v) is 11.6. The van der Waals surface area contributed by atoms with E-state index in [0.29, 0.717) is 23.7 Å². The molecule has 4 fully saturated rings. The maximum absolute atomic E-state index is 11.5. The van der Waals surface area contributed by atoms with Gasteiger partial charge in [-0.3, -0.25) is 9.59 Å². The van der Waals surface area contributed by atoms with Crippen LogP contribution in [0, 0.1) is 34.5 Å². The monoisotopic (exact) mass is 406 g/mol. The summed E-state index contributed by atoms with van der Waals surface area (Å²) in [5.41, 5.74) is 0.415. The molecule has 1 saturated heterocycles. The van der Waals surface area contributed by atoms with Crippen LogP contribution in [-0.4, -0.2) is 36.9 Å². The van der Waals surface area contributed by atoms with Crippen molar-refractivity contribution in [2.45, 2.75) is 97.9 Å². The van der Waals surface area contributed by atoms with Gasteiger partial charge in [0.05, 0.1) is 12.7 Å². The van der Waals surface area contributed by atoms with Crippen molar-refractivity contribution in [3.8, 4) is 0 Å². The summed E-state index contributed by atoms with van der Waals surface area (Å²) >= 11 is 0. The largest absolute Gasteiger partial charge is 0.463 e. The Bertz CT molecular complexity index is 662. The minimum atomic E-state index is -0.181. The minimum Gasteiger partial charge on any atom is -0.463 e. The number of ether oxygens (including phenoxy) is 3. The first kappa shape index (κ1) is 21.1. The molecule has 0 radical (unpaired) electrons. The zero-order chi connectivity index (χ0) is 21.0. The number of hydrogen-bond acceptors (Lipinski definition) is 5. The molecular formula is C24H38O5. The van der Waals surface area contributed by atoms with E-state index >= 15 is 0 Å². The Balaban J connectivity index is 1.50. The summed E-state index contributed by atoms with van der Waals surface area (Å²) in [6, 6.07) is 0. The summed E-state index contributed by atoms with van der Waals surface area (Å²) in [4.78, 5) is 22.9. The lowest BCUT2D eigenvalue weighted by Crippen LogP contribution is -2.59. The Morgan fingerprint density at radius 1 is 0.966 bits per heavy atom.